The maximum atomic E-state index is 12.8. The van der Waals surface area contributed by atoms with Crippen molar-refractivity contribution in [2.75, 3.05) is 5.73 Å². The molecular weight excluding hydrogens is 528 g/mol. The predicted molar refractivity (Wildman–Crippen MR) is 149 cm³/mol. The molecule has 206 valence electrons. The van der Waals surface area contributed by atoms with Crippen molar-refractivity contribution in [3.8, 4) is 22.8 Å². The summed E-state index contributed by atoms with van der Waals surface area (Å²) in [5, 5.41) is 13.5. The van der Waals surface area contributed by atoms with Crippen molar-refractivity contribution in [2.24, 2.45) is 0 Å². The fraction of sp³-hybridized carbons (Fsp3) is 0.0690. The summed E-state index contributed by atoms with van der Waals surface area (Å²) in [5.74, 6) is 1.81. The molecule has 12 heteroatoms. The highest BCUT2D eigenvalue weighted by Crippen LogP contribution is 2.14. The van der Waals surface area contributed by atoms with Gasteiger partial charge < -0.3 is 5.73 Å². The number of carbonyl (C=O) groups excluding carboxylic acids is 1. The molecule has 2 aromatic carbocycles. The van der Waals surface area contributed by atoms with Crippen LogP contribution < -0.4 is 5.73 Å². The zero-order chi connectivity index (χ0) is 28.9. The fourth-order valence-electron chi connectivity index (χ4n) is 3.39. The van der Waals surface area contributed by atoms with Gasteiger partial charge in [-0.3, -0.25) is 25.0 Å². The van der Waals surface area contributed by atoms with Gasteiger partial charge in [0.1, 0.15) is 23.7 Å². The van der Waals surface area contributed by atoms with Crippen molar-refractivity contribution >= 4 is 12.2 Å². The van der Waals surface area contributed by atoms with E-state index in [-0.39, 0.29) is 17.6 Å². The molecular formula is C29H25F2N9O. The summed E-state index contributed by atoms with van der Waals surface area (Å²) in [4.78, 5) is 26.4. The number of rotatable bonds is 6. The number of nitrogens with two attached hydrogens (primary N) is 1. The molecule has 0 saturated carbocycles. The van der Waals surface area contributed by atoms with E-state index in [2.05, 4.69) is 40.3 Å². The number of aryl methyl sites for hydroxylation is 2. The Hall–Kier alpha value is -5.65. The first-order chi connectivity index (χ1) is 20.0. The highest BCUT2D eigenvalue weighted by Gasteiger charge is 2.06. The number of pyridine rings is 2. The molecule has 4 N–H and O–H groups in total. The SMILES string of the molecule is Fc1ccc(CCc2nc(-c3cccnc3)n[nH]2)cc1.Nc1n[nH]c(-c2cccnc2)n1.O=Cc1ccc(F)cc1. The van der Waals surface area contributed by atoms with Crippen molar-refractivity contribution in [3.05, 3.63) is 126 Å². The van der Waals surface area contributed by atoms with Crippen LogP contribution in [0.25, 0.3) is 22.8 Å². The van der Waals surface area contributed by atoms with E-state index in [9.17, 15) is 13.6 Å². The van der Waals surface area contributed by atoms with Crippen molar-refractivity contribution in [1.29, 1.82) is 0 Å². The van der Waals surface area contributed by atoms with Crippen molar-refractivity contribution in [2.45, 2.75) is 12.8 Å². The van der Waals surface area contributed by atoms with Gasteiger partial charge in [-0.05, 0) is 72.6 Å². The van der Waals surface area contributed by atoms with Crippen molar-refractivity contribution < 1.29 is 13.6 Å². The number of anilines is 1. The molecule has 0 saturated heterocycles. The molecule has 4 heterocycles. The third-order valence-electron chi connectivity index (χ3n) is 5.46. The van der Waals surface area contributed by atoms with E-state index >= 15 is 0 Å². The normalized spacial score (nSPS) is 10.1. The Labute approximate surface area is 233 Å². The van der Waals surface area contributed by atoms with E-state index < -0.39 is 0 Å². The number of nitrogens with zero attached hydrogens (tertiary/aromatic N) is 6. The van der Waals surface area contributed by atoms with E-state index in [1.165, 1.54) is 36.4 Å². The van der Waals surface area contributed by atoms with E-state index in [0.717, 1.165) is 35.4 Å². The summed E-state index contributed by atoms with van der Waals surface area (Å²) in [6.45, 7) is 0. The maximum Gasteiger partial charge on any atom is 0.239 e. The van der Waals surface area contributed by atoms with E-state index in [4.69, 9.17) is 5.73 Å². The number of benzene rings is 2. The van der Waals surface area contributed by atoms with Crippen molar-refractivity contribution in [3.63, 3.8) is 0 Å². The molecule has 0 radical (unpaired) electrons. The average molecular weight is 554 g/mol. The van der Waals surface area contributed by atoms with Crippen LogP contribution in [0, 0.1) is 11.6 Å². The summed E-state index contributed by atoms with van der Waals surface area (Å²) >= 11 is 0. The molecule has 41 heavy (non-hydrogen) atoms. The number of aldehydes is 1. The topological polar surface area (TPSA) is 152 Å². The zero-order valence-corrected chi connectivity index (χ0v) is 21.7. The average Bonchev–Trinajstić information content (AvgIpc) is 3.68. The molecule has 0 aliphatic carbocycles. The highest BCUT2D eigenvalue weighted by molar-refractivity contribution is 5.74. The van der Waals surface area contributed by atoms with Crippen LogP contribution in [0.3, 0.4) is 0 Å². The number of carbonyl (C=O) groups is 1. The number of halogens is 2. The molecule has 6 aromatic rings. The third-order valence-corrected chi connectivity index (χ3v) is 5.46. The number of aromatic amines is 2. The second-order valence-electron chi connectivity index (χ2n) is 8.43. The Morgan fingerprint density at radius 1 is 0.732 bits per heavy atom. The lowest BCUT2D eigenvalue weighted by atomic mass is 10.1. The monoisotopic (exact) mass is 553 g/mol. The molecule has 0 bridgehead atoms. The highest BCUT2D eigenvalue weighted by atomic mass is 19.1. The summed E-state index contributed by atoms with van der Waals surface area (Å²) < 4.78 is 24.9. The van der Waals surface area contributed by atoms with Gasteiger partial charge in [0.2, 0.25) is 5.95 Å². The van der Waals surface area contributed by atoms with Gasteiger partial charge in [-0.25, -0.2) is 13.8 Å². The van der Waals surface area contributed by atoms with Crippen LogP contribution in [-0.2, 0) is 12.8 Å². The molecule has 10 nitrogen and oxygen atoms in total. The summed E-state index contributed by atoms with van der Waals surface area (Å²) in [6.07, 6.45) is 9.04. The molecule has 4 aromatic heterocycles. The Kier molecular flexibility index (Phi) is 10.0. The van der Waals surface area contributed by atoms with Gasteiger partial charge in [-0.1, -0.05) is 12.1 Å². The van der Waals surface area contributed by atoms with E-state index in [0.29, 0.717) is 23.5 Å². The van der Waals surface area contributed by atoms with Gasteiger partial charge >= 0.3 is 0 Å². The summed E-state index contributed by atoms with van der Waals surface area (Å²) in [7, 11) is 0. The number of hydrogen-bond acceptors (Lipinski definition) is 8. The molecule has 0 atom stereocenters. The lowest BCUT2D eigenvalue weighted by Crippen LogP contribution is -1.93. The molecule has 0 unspecified atom stereocenters. The quantitative estimate of drug-likeness (QED) is 0.247. The van der Waals surface area contributed by atoms with Crippen LogP contribution >= 0.6 is 0 Å². The van der Waals surface area contributed by atoms with Crippen LogP contribution in [-0.4, -0.2) is 46.6 Å². The molecule has 0 spiro atoms. The van der Waals surface area contributed by atoms with Gasteiger partial charge in [0, 0.05) is 47.9 Å². The van der Waals surface area contributed by atoms with E-state index in [1.54, 1.807) is 36.9 Å². The summed E-state index contributed by atoms with van der Waals surface area (Å²) in [5.41, 5.74) is 8.68. The Bertz CT molecular complexity index is 1620. The van der Waals surface area contributed by atoms with Crippen LogP contribution in [0.2, 0.25) is 0 Å². The largest absolute Gasteiger partial charge is 0.366 e. The van der Waals surface area contributed by atoms with Gasteiger partial charge in [-0.15, -0.1) is 5.10 Å². The van der Waals surface area contributed by atoms with Crippen LogP contribution in [0.4, 0.5) is 14.7 Å². The summed E-state index contributed by atoms with van der Waals surface area (Å²) in [6, 6.07) is 19.4. The predicted octanol–water partition coefficient (Wildman–Crippen LogP) is 4.88. The zero-order valence-electron chi connectivity index (χ0n) is 21.7. The van der Waals surface area contributed by atoms with Gasteiger partial charge in [-0.2, -0.15) is 10.1 Å². The molecule has 0 aliphatic heterocycles. The molecule has 0 fully saturated rings. The minimum absolute atomic E-state index is 0.215. The van der Waals surface area contributed by atoms with E-state index in [1.807, 2.05) is 24.3 Å². The van der Waals surface area contributed by atoms with Crippen molar-refractivity contribution in [1.82, 2.24) is 40.3 Å². The second-order valence-corrected chi connectivity index (χ2v) is 8.43. The van der Waals surface area contributed by atoms with Crippen LogP contribution in [0.1, 0.15) is 21.7 Å². The minimum atomic E-state index is -0.319. The first-order valence-corrected chi connectivity index (χ1v) is 12.4. The number of nitrogen functional groups attached to an aromatic ring is 1. The molecule has 0 amide bonds. The smallest absolute Gasteiger partial charge is 0.239 e. The minimum Gasteiger partial charge on any atom is -0.366 e. The molecule has 6 rings (SSSR count). The van der Waals surface area contributed by atoms with Crippen LogP contribution in [0.15, 0.2) is 97.6 Å². The Balaban J connectivity index is 0.000000156. The third kappa shape index (κ3) is 8.96. The lowest BCUT2D eigenvalue weighted by molar-refractivity contribution is 0.112. The standard InChI is InChI=1S/C15H13FN4.C7H5FO.C7H7N5/c16-13-6-3-11(4-7-13)5-8-14-18-15(20-19-14)12-2-1-9-17-10-12;8-7-3-1-6(5-9)2-4-7;8-7-10-6(11-12-7)5-2-1-3-9-4-5/h1-4,6-7,9-10H,5,8H2,(H,18,19,20);1-5H;1-4H,(H3,8,10,11,12). The fourth-order valence-corrected chi connectivity index (χ4v) is 3.39. The van der Waals surface area contributed by atoms with Crippen LogP contribution in [0.5, 0.6) is 0 Å². The number of aromatic nitrogens is 8. The van der Waals surface area contributed by atoms with Gasteiger partial charge in [0.15, 0.2) is 11.6 Å². The number of hydrogen-bond donors (Lipinski definition) is 3. The first kappa shape index (κ1) is 28.4. The first-order valence-electron chi connectivity index (χ1n) is 12.4. The molecule has 0 aliphatic rings. The lowest BCUT2D eigenvalue weighted by Gasteiger charge is -1.98. The number of H-pyrrole nitrogens is 2. The maximum absolute atomic E-state index is 12.8. The van der Waals surface area contributed by atoms with Gasteiger partial charge in [0.25, 0.3) is 0 Å². The number of nitrogens with one attached hydrogen (secondary N) is 2. The Morgan fingerprint density at radius 2 is 1.37 bits per heavy atom. The second kappa shape index (κ2) is 14.5. The van der Waals surface area contributed by atoms with Gasteiger partial charge in [0.05, 0.1) is 0 Å². The Morgan fingerprint density at radius 3 is 1.93 bits per heavy atom.